The molecule has 1 aromatic heterocycles. The third-order valence-electron chi connectivity index (χ3n) is 3.52. The fraction of sp³-hybridized carbons (Fsp3) is 0.176. The number of aromatic nitrogens is 4. The number of hydrogen-bond acceptors (Lipinski definition) is 6. The van der Waals surface area contributed by atoms with E-state index in [0.717, 1.165) is 17.0 Å². The summed E-state index contributed by atoms with van der Waals surface area (Å²) < 4.78 is 6.71. The molecule has 2 aromatic carbocycles. The van der Waals surface area contributed by atoms with Crippen molar-refractivity contribution in [3.05, 3.63) is 59.1 Å². The van der Waals surface area contributed by atoms with Gasteiger partial charge in [0, 0.05) is 11.6 Å². The summed E-state index contributed by atoms with van der Waals surface area (Å²) in [5.41, 5.74) is 1.66. The molecular formula is C17H16ClN5O2S. The van der Waals surface area contributed by atoms with Gasteiger partial charge in [-0.3, -0.25) is 4.79 Å². The Kier molecular flexibility index (Phi) is 6.08. The van der Waals surface area contributed by atoms with E-state index >= 15 is 0 Å². The fourth-order valence-corrected chi connectivity index (χ4v) is 3.09. The Bertz CT molecular complexity index is 885. The minimum absolute atomic E-state index is 0.126. The van der Waals surface area contributed by atoms with Crippen molar-refractivity contribution in [2.24, 2.45) is 0 Å². The van der Waals surface area contributed by atoms with Gasteiger partial charge in [-0.1, -0.05) is 41.6 Å². The van der Waals surface area contributed by atoms with Crippen LogP contribution in [0.5, 0.6) is 5.75 Å². The average molecular weight is 390 g/mol. The molecule has 0 saturated carbocycles. The van der Waals surface area contributed by atoms with E-state index < -0.39 is 0 Å². The van der Waals surface area contributed by atoms with Crippen LogP contribution < -0.4 is 10.1 Å². The number of tetrazole rings is 1. The molecule has 26 heavy (non-hydrogen) atoms. The molecule has 0 aliphatic rings. The average Bonchev–Trinajstić information content (AvgIpc) is 3.14. The highest BCUT2D eigenvalue weighted by Gasteiger charge is 2.12. The van der Waals surface area contributed by atoms with Crippen molar-refractivity contribution in [3.63, 3.8) is 0 Å². The molecule has 3 rings (SSSR count). The van der Waals surface area contributed by atoms with E-state index in [1.165, 1.54) is 11.8 Å². The standard InChI is InChI=1S/C17H16ClN5O2S/c1-25-14-8-6-13(7-9-14)23-17(20-21-22-23)26-11-16(24)19-10-12-4-2-3-5-15(12)18/h2-9H,10-11H2,1H3,(H,19,24). The Morgan fingerprint density at radius 1 is 1.23 bits per heavy atom. The van der Waals surface area contributed by atoms with E-state index in [9.17, 15) is 4.79 Å². The lowest BCUT2D eigenvalue weighted by Gasteiger charge is -2.07. The largest absolute Gasteiger partial charge is 0.497 e. The highest BCUT2D eigenvalue weighted by molar-refractivity contribution is 7.99. The number of nitrogens with one attached hydrogen (secondary N) is 1. The number of methoxy groups -OCH3 is 1. The molecule has 0 radical (unpaired) electrons. The molecule has 1 amide bonds. The van der Waals surface area contributed by atoms with Crippen LogP contribution in [-0.4, -0.2) is 39.0 Å². The molecule has 1 heterocycles. The molecule has 1 N–H and O–H groups in total. The quantitative estimate of drug-likeness (QED) is 0.626. The summed E-state index contributed by atoms with van der Waals surface area (Å²) >= 11 is 7.34. The molecule has 0 aliphatic carbocycles. The van der Waals surface area contributed by atoms with Crippen LogP contribution in [0.15, 0.2) is 53.7 Å². The zero-order valence-corrected chi connectivity index (χ0v) is 15.5. The number of nitrogens with zero attached hydrogens (tertiary/aromatic N) is 4. The molecule has 9 heteroatoms. The number of amides is 1. The topological polar surface area (TPSA) is 81.9 Å². The van der Waals surface area contributed by atoms with Gasteiger partial charge in [0.1, 0.15) is 5.75 Å². The summed E-state index contributed by atoms with van der Waals surface area (Å²) in [5.74, 6) is 0.815. The first-order valence-corrected chi connectivity index (χ1v) is 9.09. The highest BCUT2D eigenvalue weighted by Crippen LogP contribution is 2.20. The molecule has 0 bridgehead atoms. The Balaban J connectivity index is 1.57. The van der Waals surface area contributed by atoms with Crippen molar-refractivity contribution in [2.75, 3.05) is 12.9 Å². The van der Waals surface area contributed by atoms with Crippen molar-refractivity contribution >= 4 is 29.3 Å². The number of halogens is 1. The molecular weight excluding hydrogens is 374 g/mol. The zero-order chi connectivity index (χ0) is 18.4. The Morgan fingerprint density at radius 3 is 2.73 bits per heavy atom. The maximum atomic E-state index is 12.1. The van der Waals surface area contributed by atoms with Crippen LogP contribution in [0, 0.1) is 0 Å². The monoisotopic (exact) mass is 389 g/mol. The second-order valence-corrected chi connectivity index (χ2v) is 6.58. The molecule has 7 nitrogen and oxygen atoms in total. The van der Waals surface area contributed by atoms with Crippen molar-refractivity contribution in [2.45, 2.75) is 11.7 Å². The Morgan fingerprint density at radius 2 is 2.00 bits per heavy atom. The molecule has 0 unspecified atom stereocenters. The van der Waals surface area contributed by atoms with Crippen LogP contribution in [0.1, 0.15) is 5.56 Å². The molecule has 0 saturated heterocycles. The van der Waals surface area contributed by atoms with E-state index in [1.807, 2.05) is 42.5 Å². The molecule has 0 aliphatic heterocycles. The van der Waals surface area contributed by atoms with Gasteiger partial charge in [-0.05, 0) is 46.3 Å². The predicted molar refractivity (Wildman–Crippen MR) is 99.7 cm³/mol. The summed E-state index contributed by atoms with van der Waals surface area (Å²) in [7, 11) is 1.61. The van der Waals surface area contributed by atoms with E-state index in [2.05, 4.69) is 20.8 Å². The van der Waals surface area contributed by atoms with Gasteiger partial charge in [-0.2, -0.15) is 4.68 Å². The lowest BCUT2D eigenvalue weighted by atomic mass is 10.2. The van der Waals surface area contributed by atoms with Gasteiger partial charge in [-0.15, -0.1) is 5.10 Å². The number of hydrogen-bond donors (Lipinski definition) is 1. The summed E-state index contributed by atoms with van der Waals surface area (Å²) in [4.78, 5) is 12.1. The van der Waals surface area contributed by atoms with Crippen LogP contribution in [0.25, 0.3) is 5.69 Å². The van der Waals surface area contributed by atoms with E-state index in [1.54, 1.807) is 17.9 Å². The van der Waals surface area contributed by atoms with E-state index in [4.69, 9.17) is 16.3 Å². The van der Waals surface area contributed by atoms with Gasteiger partial charge < -0.3 is 10.1 Å². The van der Waals surface area contributed by atoms with E-state index in [0.29, 0.717) is 16.7 Å². The van der Waals surface area contributed by atoms with Crippen molar-refractivity contribution in [1.29, 1.82) is 0 Å². The van der Waals surface area contributed by atoms with Gasteiger partial charge in [0.15, 0.2) is 0 Å². The van der Waals surface area contributed by atoms with E-state index in [-0.39, 0.29) is 11.7 Å². The van der Waals surface area contributed by atoms with Crippen molar-refractivity contribution in [3.8, 4) is 11.4 Å². The van der Waals surface area contributed by atoms with Crippen LogP contribution >= 0.6 is 23.4 Å². The van der Waals surface area contributed by atoms with Gasteiger partial charge in [0.25, 0.3) is 0 Å². The number of carbonyl (C=O) groups excluding carboxylic acids is 1. The summed E-state index contributed by atoms with van der Waals surface area (Å²) in [6.07, 6.45) is 0. The predicted octanol–water partition coefficient (Wildman–Crippen LogP) is 2.73. The number of benzene rings is 2. The molecule has 0 atom stereocenters. The number of rotatable bonds is 7. The minimum atomic E-state index is -0.126. The first-order valence-electron chi connectivity index (χ1n) is 7.73. The first-order chi connectivity index (χ1) is 12.7. The Hall–Kier alpha value is -2.58. The first kappa shape index (κ1) is 18.2. The molecule has 134 valence electrons. The molecule has 0 fully saturated rings. The van der Waals surface area contributed by atoms with Crippen LogP contribution in [0.3, 0.4) is 0 Å². The maximum Gasteiger partial charge on any atom is 0.230 e. The van der Waals surface area contributed by atoms with Gasteiger partial charge in [0.05, 0.1) is 18.6 Å². The summed E-state index contributed by atoms with van der Waals surface area (Å²) in [6, 6.07) is 14.7. The van der Waals surface area contributed by atoms with Gasteiger partial charge in [0.2, 0.25) is 11.1 Å². The van der Waals surface area contributed by atoms with Crippen molar-refractivity contribution in [1.82, 2.24) is 25.5 Å². The third kappa shape index (κ3) is 4.53. The minimum Gasteiger partial charge on any atom is -0.497 e. The van der Waals surface area contributed by atoms with Crippen molar-refractivity contribution < 1.29 is 9.53 Å². The lowest BCUT2D eigenvalue weighted by Crippen LogP contribution is -2.24. The van der Waals surface area contributed by atoms with Crippen LogP contribution in [0.2, 0.25) is 5.02 Å². The number of ether oxygens (including phenoxy) is 1. The van der Waals surface area contributed by atoms with Crippen LogP contribution in [0.4, 0.5) is 0 Å². The molecule has 3 aromatic rings. The number of thioether (sulfide) groups is 1. The maximum absolute atomic E-state index is 12.1. The zero-order valence-electron chi connectivity index (χ0n) is 13.9. The van der Waals surface area contributed by atoms with Gasteiger partial charge >= 0.3 is 0 Å². The normalized spacial score (nSPS) is 10.5. The van der Waals surface area contributed by atoms with Gasteiger partial charge in [-0.25, -0.2) is 0 Å². The summed E-state index contributed by atoms with van der Waals surface area (Å²) in [5, 5.41) is 15.6. The SMILES string of the molecule is COc1ccc(-n2nnnc2SCC(=O)NCc2ccccc2Cl)cc1. The lowest BCUT2D eigenvalue weighted by molar-refractivity contribution is -0.118. The van der Waals surface area contributed by atoms with Crippen LogP contribution in [-0.2, 0) is 11.3 Å². The fourth-order valence-electron chi connectivity index (χ4n) is 2.17. The Labute approximate surface area is 159 Å². The second kappa shape index (κ2) is 8.68. The smallest absolute Gasteiger partial charge is 0.230 e. The number of carbonyl (C=O) groups is 1. The summed E-state index contributed by atoms with van der Waals surface area (Å²) in [6.45, 7) is 0.377. The second-order valence-electron chi connectivity index (χ2n) is 5.23. The third-order valence-corrected chi connectivity index (χ3v) is 4.81. The highest BCUT2D eigenvalue weighted by atomic mass is 35.5. The molecule has 0 spiro atoms.